The Morgan fingerprint density at radius 1 is 0.789 bits per heavy atom. The number of carbonyl (C=O) groups is 2. The van der Waals surface area contributed by atoms with Gasteiger partial charge < -0.3 is 64.2 Å². The van der Waals surface area contributed by atoms with Crippen LogP contribution in [-0.2, 0) is 38.0 Å². The van der Waals surface area contributed by atoms with Crippen LogP contribution in [0, 0.1) is 0 Å². The van der Waals surface area contributed by atoms with Gasteiger partial charge in [-0.25, -0.2) is 0 Å². The summed E-state index contributed by atoms with van der Waals surface area (Å²) in [4.78, 5) is 23.3. The van der Waals surface area contributed by atoms with Gasteiger partial charge in [-0.1, -0.05) is 19.8 Å². The van der Waals surface area contributed by atoms with Crippen molar-refractivity contribution in [3.8, 4) is 0 Å². The largest absolute Gasteiger partial charge is 0.462 e. The summed E-state index contributed by atoms with van der Waals surface area (Å²) in [6.45, 7) is 1.23. The van der Waals surface area contributed by atoms with Crippen molar-refractivity contribution in [1.29, 1.82) is 0 Å². The third-order valence-electron chi connectivity index (χ3n) is 6.14. The van der Waals surface area contributed by atoms with Crippen molar-refractivity contribution in [2.75, 3.05) is 26.4 Å². The lowest BCUT2D eigenvalue weighted by atomic mass is 9.98. The molecule has 2 fully saturated rings. The van der Waals surface area contributed by atoms with Gasteiger partial charge in [0.15, 0.2) is 18.7 Å². The van der Waals surface area contributed by atoms with Crippen LogP contribution in [0.4, 0.5) is 0 Å². The Hall–Kier alpha value is -1.50. The Morgan fingerprint density at radius 2 is 1.37 bits per heavy atom. The lowest BCUT2D eigenvalue weighted by Crippen LogP contribution is -2.61. The second-order valence-electron chi connectivity index (χ2n) is 9.25. The van der Waals surface area contributed by atoms with Gasteiger partial charge in [-0.2, -0.15) is 0 Å². The predicted octanol–water partition coefficient (Wildman–Crippen LogP) is -3.32. The summed E-state index contributed by atoms with van der Waals surface area (Å²) >= 11 is 0. The van der Waals surface area contributed by atoms with Gasteiger partial charge in [0.1, 0.15) is 55.4 Å². The Morgan fingerprint density at radius 3 is 1.95 bits per heavy atom. The fraction of sp³-hybridized carbons (Fsp3) is 0.913. The van der Waals surface area contributed by atoms with Crippen LogP contribution < -0.4 is 0 Å². The molecule has 2 rings (SSSR count). The van der Waals surface area contributed by atoms with E-state index in [1.807, 2.05) is 6.92 Å². The van der Waals surface area contributed by atoms with Gasteiger partial charge in [-0.3, -0.25) is 9.59 Å². The lowest BCUT2D eigenvalue weighted by Gasteiger charge is -2.42. The highest BCUT2D eigenvalue weighted by Gasteiger charge is 2.47. The van der Waals surface area contributed by atoms with Gasteiger partial charge >= 0.3 is 11.9 Å². The molecule has 38 heavy (non-hydrogen) atoms. The molecule has 0 aromatic rings. The molecule has 0 spiro atoms. The van der Waals surface area contributed by atoms with Crippen LogP contribution >= 0.6 is 0 Å². The van der Waals surface area contributed by atoms with Crippen LogP contribution in [0.1, 0.15) is 39.5 Å². The average Bonchev–Trinajstić information content (AvgIpc) is 2.88. The Bertz CT molecular complexity index is 721. The van der Waals surface area contributed by atoms with Crippen molar-refractivity contribution in [3.63, 3.8) is 0 Å². The van der Waals surface area contributed by atoms with Crippen LogP contribution in [0.15, 0.2) is 0 Å². The molecule has 15 nitrogen and oxygen atoms in total. The highest BCUT2D eigenvalue weighted by molar-refractivity contribution is 5.69. The van der Waals surface area contributed by atoms with E-state index in [1.54, 1.807) is 0 Å². The molecule has 2 saturated heterocycles. The zero-order valence-corrected chi connectivity index (χ0v) is 21.4. The van der Waals surface area contributed by atoms with Crippen molar-refractivity contribution >= 4 is 11.9 Å². The van der Waals surface area contributed by atoms with E-state index >= 15 is 0 Å². The maximum atomic E-state index is 12.1. The molecule has 11 atom stereocenters. The molecule has 11 unspecified atom stereocenters. The first-order valence-corrected chi connectivity index (χ1v) is 12.6. The third-order valence-corrected chi connectivity index (χ3v) is 6.14. The van der Waals surface area contributed by atoms with Gasteiger partial charge in [0.05, 0.1) is 19.8 Å². The second kappa shape index (κ2) is 15.9. The topological polar surface area (TPSA) is 231 Å². The molecule has 2 aliphatic heterocycles. The number of hydrogen-bond donors (Lipinski definition) is 7. The number of ether oxygens (including phenoxy) is 6. The minimum Gasteiger partial charge on any atom is -0.462 e. The molecule has 0 radical (unpaired) electrons. The molecule has 222 valence electrons. The number of carbonyl (C=O) groups excluding carboxylic acids is 2. The molecule has 0 aromatic carbocycles. The highest BCUT2D eigenvalue weighted by atomic mass is 16.7. The van der Waals surface area contributed by atoms with E-state index in [9.17, 15) is 45.3 Å². The van der Waals surface area contributed by atoms with Crippen molar-refractivity contribution in [1.82, 2.24) is 0 Å². The summed E-state index contributed by atoms with van der Waals surface area (Å²) in [5, 5.41) is 70.1. The van der Waals surface area contributed by atoms with Crippen molar-refractivity contribution in [2.45, 2.75) is 107 Å². The fourth-order valence-electron chi connectivity index (χ4n) is 3.88. The van der Waals surface area contributed by atoms with Crippen molar-refractivity contribution in [3.05, 3.63) is 0 Å². The van der Waals surface area contributed by atoms with Gasteiger partial charge in [0.2, 0.25) is 0 Å². The fourth-order valence-corrected chi connectivity index (χ4v) is 3.88. The maximum Gasteiger partial charge on any atom is 0.306 e. The van der Waals surface area contributed by atoms with E-state index in [2.05, 4.69) is 0 Å². The van der Waals surface area contributed by atoms with E-state index in [0.29, 0.717) is 6.42 Å². The molecule has 0 saturated carbocycles. The van der Waals surface area contributed by atoms with Gasteiger partial charge in [0.25, 0.3) is 0 Å². The molecule has 0 amide bonds. The quantitative estimate of drug-likeness (QED) is 0.0820. The monoisotopic (exact) mass is 556 g/mol. The zero-order chi connectivity index (χ0) is 28.4. The molecule has 2 aliphatic rings. The number of rotatable bonds is 14. The lowest BCUT2D eigenvalue weighted by molar-refractivity contribution is -0.332. The minimum absolute atomic E-state index is 0.148. The minimum atomic E-state index is -1.75. The molecule has 0 bridgehead atoms. The van der Waals surface area contributed by atoms with E-state index in [0.717, 1.165) is 12.8 Å². The number of esters is 2. The SMILES string of the molecule is CCCCCC(=O)OC(COC(C)=O)COC1OC(COC2OC(CO)C(O)C(O)C2O)C(O)C(O)C1O. The maximum absolute atomic E-state index is 12.1. The Balaban J connectivity index is 1.97. The zero-order valence-electron chi connectivity index (χ0n) is 21.4. The highest BCUT2D eigenvalue weighted by Crippen LogP contribution is 2.26. The number of aliphatic hydroxyl groups is 7. The first-order valence-electron chi connectivity index (χ1n) is 12.6. The third kappa shape index (κ3) is 9.31. The summed E-state index contributed by atoms with van der Waals surface area (Å²) in [7, 11) is 0. The van der Waals surface area contributed by atoms with Gasteiger partial charge in [0, 0.05) is 13.3 Å². The van der Waals surface area contributed by atoms with Crippen LogP contribution in [-0.4, -0.2) is 142 Å². The summed E-state index contributed by atoms with van der Waals surface area (Å²) in [6, 6.07) is 0. The smallest absolute Gasteiger partial charge is 0.306 e. The van der Waals surface area contributed by atoms with Gasteiger partial charge in [-0.05, 0) is 6.42 Å². The Labute approximate surface area is 219 Å². The van der Waals surface area contributed by atoms with Gasteiger partial charge in [-0.15, -0.1) is 0 Å². The number of hydrogen-bond acceptors (Lipinski definition) is 15. The molecular formula is C23H40O15. The van der Waals surface area contributed by atoms with Crippen molar-refractivity contribution in [2.24, 2.45) is 0 Å². The summed E-state index contributed by atoms with van der Waals surface area (Å²) < 4.78 is 31.8. The molecule has 0 aromatic heterocycles. The number of aliphatic hydroxyl groups excluding tert-OH is 7. The van der Waals surface area contributed by atoms with Crippen LogP contribution in [0.5, 0.6) is 0 Å². The average molecular weight is 557 g/mol. The van der Waals surface area contributed by atoms with E-state index in [4.69, 9.17) is 28.4 Å². The Kier molecular flexibility index (Phi) is 13.7. The molecular weight excluding hydrogens is 516 g/mol. The van der Waals surface area contributed by atoms with Crippen molar-refractivity contribution < 1.29 is 73.8 Å². The summed E-state index contributed by atoms with van der Waals surface area (Å²) in [5.41, 5.74) is 0. The van der Waals surface area contributed by atoms with E-state index in [-0.39, 0.29) is 13.0 Å². The standard InChI is InChI=1S/C23H40O15/c1-3-4-5-6-15(26)36-12(8-33-11(2)25)9-34-22-21(32)19(30)17(28)14(38-22)10-35-23-20(31)18(29)16(27)13(7-24)37-23/h12-14,16-24,27-32H,3-10H2,1-2H3. The number of unbranched alkanes of at least 4 members (excludes halogenated alkanes) is 2. The summed E-state index contributed by atoms with van der Waals surface area (Å²) in [5.74, 6) is -1.15. The molecule has 0 aliphatic carbocycles. The second-order valence-corrected chi connectivity index (χ2v) is 9.25. The van der Waals surface area contributed by atoms with Crippen LogP contribution in [0.25, 0.3) is 0 Å². The molecule has 15 heteroatoms. The first kappa shape index (κ1) is 32.7. The normalized spacial score (nSPS) is 36.4. The first-order chi connectivity index (χ1) is 18.0. The molecule has 7 N–H and O–H groups in total. The van der Waals surface area contributed by atoms with E-state index < -0.39 is 99.3 Å². The van der Waals surface area contributed by atoms with Crippen LogP contribution in [0.2, 0.25) is 0 Å². The summed E-state index contributed by atoms with van der Waals surface area (Å²) in [6.07, 6.45) is -14.3. The predicted molar refractivity (Wildman–Crippen MR) is 123 cm³/mol. The van der Waals surface area contributed by atoms with E-state index in [1.165, 1.54) is 6.92 Å². The van der Waals surface area contributed by atoms with Crippen LogP contribution in [0.3, 0.4) is 0 Å². The molecule has 2 heterocycles.